The number of fused-ring (bicyclic) bond motifs is 1. The third kappa shape index (κ3) is 6.56. The fourth-order valence-electron chi connectivity index (χ4n) is 4.09. The zero-order chi connectivity index (χ0) is 31.5. The molecule has 14 heteroatoms. The van der Waals surface area contributed by atoms with E-state index in [0.717, 1.165) is 12.2 Å². The molecule has 43 heavy (non-hydrogen) atoms. The molecule has 3 N–H and O–H groups in total. The molecule has 0 saturated heterocycles. The molecule has 0 bridgehead atoms. The highest BCUT2D eigenvalue weighted by Gasteiger charge is 2.22. The number of aromatic nitrogens is 2. The van der Waals surface area contributed by atoms with Crippen molar-refractivity contribution in [3.63, 3.8) is 0 Å². The fourth-order valence-corrected chi connectivity index (χ4v) is 5.88. The molecule has 2 amide bonds. The van der Waals surface area contributed by atoms with Gasteiger partial charge in [-0.2, -0.15) is 0 Å². The third-order valence-corrected chi connectivity index (χ3v) is 8.24. The van der Waals surface area contributed by atoms with Gasteiger partial charge in [0.15, 0.2) is 0 Å². The molecule has 4 rings (SSSR count). The van der Waals surface area contributed by atoms with Gasteiger partial charge in [0.1, 0.15) is 11.5 Å². The number of amides is 2. The first-order chi connectivity index (χ1) is 20.4. The standard InChI is InChI=1S/C29H25Cl2N5O6S/c1-6-23(37)33-20-12-18(43(39,40)36-24(38)7-2)10-15(3)28(20)35-29-32-14-17-11-16(8-9-19(17)34-29)25-26(30)21(41-4)13-22(42-5)27(25)31/h6-14H,1-2H2,3-5H3,(H,33,37)(H,36,38)(H,32,34,35). The van der Waals surface area contributed by atoms with Gasteiger partial charge in [0.25, 0.3) is 15.9 Å². The minimum absolute atomic E-state index is 0.0895. The Hall–Kier alpha value is -4.65. The molecule has 0 aliphatic carbocycles. The Balaban J connectivity index is 1.75. The lowest BCUT2D eigenvalue weighted by Crippen LogP contribution is -2.29. The fraction of sp³-hybridized carbons (Fsp3) is 0.103. The van der Waals surface area contributed by atoms with Gasteiger partial charge in [-0.3, -0.25) is 9.59 Å². The molecule has 0 unspecified atom stereocenters. The van der Waals surface area contributed by atoms with Gasteiger partial charge >= 0.3 is 0 Å². The van der Waals surface area contributed by atoms with Crippen LogP contribution in [0, 0.1) is 6.92 Å². The predicted octanol–water partition coefficient (Wildman–Crippen LogP) is 5.79. The summed E-state index contributed by atoms with van der Waals surface area (Å²) in [5, 5.41) is 6.90. The summed E-state index contributed by atoms with van der Waals surface area (Å²) in [6.07, 6.45) is 3.44. The number of methoxy groups -OCH3 is 2. The number of nitrogens with zero attached hydrogens (tertiary/aromatic N) is 2. The van der Waals surface area contributed by atoms with E-state index in [1.165, 1.54) is 26.4 Å². The number of benzene rings is 3. The number of carbonyl (C=O) groups excluding carboxylic acids is 2. The van der Waals surface area contributed by atoms with Crippen LogP contribution in [-0.4, -0.2) is 44.4 Å². The summed E-state index contributed by atoms with van der Waals surface area (Å²) in [7, 11) is -1.28. The van der Waals surface area contributed by atoms with Crippen LogP contribution >= 0.6 is 23.2 Å². The summed E-state index contributed by atoms with van der Waals surface area (Å²) >= 11 is 13.2. The smallest absolute Gasteiger partial charge is 0.264 e. The van der Waals surface area contributed by atoms with Gasteiger partial charge < -0.3 is 20.1 Å². The Morgan fingerprint density at radius 1 is 0.953 bits per heavy atom. The monoisotopic (exact) mass is 641 g/mol. The Morgan fingerprint density at radius 2 is 1.60 bits per heavy atom. The molecule has 0 radical (unpaired) electrons. The Morgan fingerprint density at radius 3 is 2.21 bits per heavy atom. The largest absolute Gasteiger partial charge is 0.495 e. The molecular formula is C29H25Cl2N5O6S. The van der Waals surface area contributed by atoms with Crippen molar-refractivity contribution < 1.29 is 27.5 Å². The second kappa shape index (κ2) is 12.7. The number of aryl methyl sites for hydroxylation is 1. The molecular weight excluding hydrogens is 617 g/mol. The molecule has 0 aliphatic heterocycles. The molecule has 1 heterocycles. The van der Waals surface area contributed by atoms with Crippen LogP contribution in [0.3, 0.4) is 0 Å². The van der Waals surface area contributed by atoms with Crippen LogP contribution in [0.1, 0.15) is 5.56 Å². The second-order valence-electron chi connectivity index (χ2n) is 8.91. The number of ether oxygens (including phenoxy) is 2. The Labute approximate surface area is 257 Å². The molecule has 4 aromatic rings. The maximum atomic E-state index is 12.7. The molecule has 1 aromatic heterocycles. The highest BCUT2D eigenvalue weighted by molar-refractivity contribution is 7.90. The minimum Gasteiger partial charge on any atom is -0.495 e. The van der Waals surface area contributed by atoms with Gasteiger partial charge in [0, 0.05) is 23.2 Å². The summed E-state index contributed by atoms with van der Waals surface area (Å²) in [6.45, 7) is 8.31. The SMILES string of the molecule is C=CC(=O)Nc1cc(S(=O)(=O)NC(=O)C=C)cc(C)c1Nc1ncc2cc(-c3c(Cl)c(OC)cc(OC)c3Cl)ccc2n1. The van der Waals surface area contributed by atoms with Gasteiger partial charge in [-0.1, -0.05) is 42.4 Å². The number of rotatable bonds is 10. The summed E-state index contributed by atoms with van der Waals surface area (Å²) < 4.78 is 38.1. The highest BCUT2D eigenvalue weighted by atomic mass is 35.5. The van der Waals surface area contributed by atoms with Gasteiger partial charge in [-0.15, -0.1) is 0 Å². The van der Waals surface area contributed by atoms with Crippen LogP contribution in [0.4, 0.5) is 17.3 Å². The molecule has 222 valence electrons. The number of carbonyl (C=O) groups is 2. The van der Waals surface area contributed by atoms with Crippen molar-refractivity contribution in [3.8, 4) is 22.6 Å². The lowest BCUT2D eigenvalue weighted by molar-refractivity contribution is -0.115. The van der Waals surface area contributed by atoms with Crippen LogP contribution in [0.15, 0.2) is 72.8 Å². The summed E-state index contributed by atoms with van der Waals surface area (Å²) in [6, 6.07) is 9.46. The second-order valence-corrected chi connectivity index (χ2v) is 11.3. The normalized spacial score (nSPS) is 11.0. The zero-order valence-electron chi connectivity index (χ0n) is 23.1. The number of anilines is 3. The molecule has 0 fully saturated rings. The Bertz CT molecular complexity index is 1890. The average Bonchev–Trinajstić information content (AvgIpc) is 2.98. The maximum absolute atomic E-state index is 12.7. The van der Waals surface area contributed by atoms with E-state index in [2.05, 4.69) is 33.8 Å². The van der Waals surface area contributed by atoms with Crippen molar-refractivity contribution in [2.24, 2.45) is 0 Å². The van der Waals surface area contributed by atoms with E-state index in [9.17, 15) is 18.0 Å². The van der Waals surface area contributed by atoms with Crippen molar-refractivity contribution in [1.29, 1.82) is 0 Å². The van der Waals surface area contributed by atoms with E-state index in [4.69, 9.17) is 32.7 Å². The van der Waals surface area contributed by atoms with E-state index in [-0.39, 0.29) is 16.5 Å². The van der Waals surface area contributed by atoms with Crippen molar-refractivity contribution >= 4 is 73.3 Å². The highest BCUT2D eigenvalue weighted by Crippen LogP contribution is 2.46. The average molecular weight is 643 g/mol. The van der Waals surface area contributed by atoms with Gasteiger partial charge in [-0.05, 0) is 54.5 Å². The number of sulfonamides is 1. The van der Waals surface area contributed by atoms with E-state index < -0.39 is 21.8 Å². The number of halogens is 2. The number of hydrogen-bond donors (Lipinski definition) is 3. The van der Waals surface area contributed by atoms with Crippen LogP contribution in [0.5, 0.6) is 11.5 Å². The topological polar surface area (TPSA) is 149 Å². The lowest BCUT2D eigenvalue weighted by atomic mass is 10.0. The molecule has 11 nitrogen and oxygen atoms in total. The number of nitrogens with one attached hydrogen (secondary N) is 3. The summed E-state index contributed by atoms with van der Waals surface area (Å²) in [5.74, 6) is -0.548. The zero-order valence-corrected chi connectivity index (χ0v) is 25.4. The third-order valence-electron chi connectivity index (χ3n) is 6.16. The van der Waals surface area contributed by atoms with Crippen LogP contribution in [0.2, 0.25) is 10.0 Å². The van der Waals surface area contributed by atoms with Crippen molar-refractivity contribution in [3.05, 3.63) is 83.5 Å². The van der Waals surface area contributed by atoms with Crippen LogP contribution < -0.4 is 24.8 Å². The van der Waals surface area contributed by atoms with Crippen molar-refractivity contribution in [2.45, 2.75) is 11.8 Å². The first-order valence-electron chi connectivity index (χ1n) is 12.3. The van der Waals surface area contributed by atoms with E-state index >= 15 is 0 Å². The predicted molar refractivity (Wildman–Crippen MR) is 167 cm³/mol. The summed E-state index contributed by atoms with van der Waals surface area (Å²) in [5.41, 5.74) is 2.57. The minimum atomic E-state index is -4.26. The quantitative estimate of drug-likeness (QED) is 0.183. The van der Waals surface area contributed by atoms with E-state index in [1.807, 2.05) is 10.8 Å². The van der Waals surface area contributed by atoms with Gasteiger partial charge in [0.2, 0.25) is 11.9 Å². The molecule has 0 aliphatic rings. The van der Waals surface area contributed by atoms with E-state index in [0.29, 0.717) is 54.8 Å². The van der Waals surface area contributed by atoms with E-state index in [1.54, 1.807) is 31.3 Å². The molecule has 0 atom stereocenters. The summed E-state index contributed by atoms with van der Waals surface area (Å²) in [4.78, 5) is 32.5. The van der Waals surface area contributed by atoms with Crippen molar-refractivity contribution in [1.82, 2.24) is 14.7 Å². The van der Waals surface area contributed by atoms with Crippen LogP contribution in [0.25, 0.3) is 22.0 Å². The molecule has 3 aromatic carbocycles. The van der Waals surface area contributed by atoms with Gasteiger partial charge in [-0.25, -0.2) is 23.1 Å². The van der Waals surface area contributed by atoms with Crippen LogP contribution in [-0.2, 0) is 19.6 Å². The molecule has 0 saturated carbocycles. The molecule has 0 spiro atoms. The Kier molecular flexibility index (Phi) is 9.24. The first-order valence-corrected chi connectivity index (χ1v) is 14.6. The lowest BCUT2D eigenvalue weighted by Gasteiger charge is -2.17. The number of hydrogen-bond acceptors (Lipinski definition) is 9. The van der Waals surface area contributed by atoms with Gasteiger partial charge in [0.05, 0.1) is 46.1 Å². The maximum Gasteiger partial charge on any atom is 0.264 e. The van der Waals surface area contributed by atoms with Crippen molar-refractivity contribution in [2.75, 3.05) is 24.9 Å². The first kappa shape index (κ1) is 31.3.